The Morgan fingerprint density at radius 3 is 1.88 bits per heavy atom. The minimum Gasteiger partial charge on any atom is -0.490 e. The maximum Gasteiger partial charge on any atom is 0.460 e. The van der Waals surface area contributed by atoms with Gasteiger partial charge in [0.2, 0.25) is 5.82 Å². The van der Waals surface area contributed by atoms with Crippen molar-refractivity contribution in [2.45, 2.75) is 43.2 Å². The van der Waals surface area contributed by atoms with E-state index in [-0.39, 0.29) is 0 Å². The second-order valence-corrected chi connectivity index (χ2v) is 5.21. The molecule has 0 aliphatic carbocycles. The Morgan fingerprint density at radius 1 is 0.769 bits per heavy atom. The predicted molar refractivity (Wildman–Crippen MR) is 66.6 cm³/mol. The van der Waals surface area contributed by atoms with Gasteiger partial charge in [0, 0.05) is 6.42 Å². The second kappa shape index (κ2) is 7.47. The molecule has 0 saturated heterocycles. The largest absolute Gasteiger partial charge is 0.490 e. The van der Waals surface area contributed by atoms with E-state index in [2.05, 4.69) is 4.74 Å². The van der Waals surface area contributed by atoms with E-state index in [0.717, 1.165) is 18.2 Å². The van der Waals surface area contributed by atoms with Gasteiger partial charge in [0.25, 0.3) is 0 Å². The molecule has 0 spiro atoms. The van der Waals surface area contributed by atoms with Gasteiger partial charge in [0.05, 0.1) is 6.61 Å². The monoisotopic (exact) mass is 404 g/mol. The molecule has 0 radical (unpaired) electrons. The maximum atomic E-state index is 13.2. The standard InChI is InChI=1S/C14H11F11O/c15-8-4-3-5-9(10(8)16)26-7-2-1-6-11(17,18)12(19,20)13(21,22)14(23,24)25/h3-5H,1-2,6-7H2. The fraction of sp³-hybridized carbons (Fsp3) is 0.571. The van der Waals surface area contributed by atoms with Crippen LogP contribution in [0.4, 0.5) is 48.3 Å². The number of benzene rings is 1. The third-order valence-corrected chi connectivity index (χ3v) is 3.27. The average Bonchev–Trinajstić information content (AvgIpc) is 2.49. The molecule has 0 N–H and O–H groups in total. The quantitative estimate of drug-likeness (QED) is 0.383. The van der Waals surface area contributed by atoms with Crippen molar-refractivity contribution in [1.29, 1.82) is 0 Å². The van der Waals surface area contributed by atoms with Crippen molar-refractivity contribution in [2.75, 3.05) is 6.61 Å². The summed E-state index contributed by atoms with van der Waals surface area (Å²) in [4.78, 5) is 0. The van der Waals surface area contributed by atoms with Crippen LogP contribution >= 0.6 is 0 Å². The Hall–Kier alpha value is -1.75. The highest BCUT2D eigenvalue weighted by Crippen LogP contribution is 2.54. The minimum absolute atomic E-state index is 0.515. The SMILES string of the molecule is Fc1cccc(OCCCCC(F)(F)C(F)(F)C(F)(F)C(F)(F)F)c1F. The summed E-state index contributed by atoms with van der Waals surface area (Å²) in [6.07, 6.45) is -10.3. The van der Waals surface area contributed by atoms with Crippen LogP contribution in [0.5, 0.6) is 5.75 Å². The van der Waals surface area contributed by atoms with Crippen LogP contribution in [-0.2, 0) is 0 Å². The number of ether oxygens (including phenoxy) is 1. The smallest absolute Gasteiger partial charge is 0.460 e. The van der Waals surface area contributed by atoms with Crippen LogP contribution in [0.1, 0.15) is 19.3 Å². The van der Waals surface area contributed by atoms with Gasteiger partial charge in [-0.05, 0) is 25.0 Å². The van der Waals surface area contributed by atoms with E-state index < -0.39 is 67.2 Å². The molecule has 0 fully saturated rings. The van der Waals surface area contributed by atoms with Gasteiger partial charge >= 0.3 is 23.9 Å². The van der Waals surface area contributed by atoms with Gasteiger partial charge in [-0.1, -0.05) is 6.07 Å². The molecular weight excluding hydrogens is 393 g/mol. The molecule has 1 rings (SSSR count). The van der Waals surface area contributed by atoms with Crippen LogP contribution in [0.2, 0.25) is 0 Å². The maximum absolute atomic E-state index is 13.2. The Balaban J connectivity index is 2.62. The van der Waals surface area contributed by atoms with Gasteiger partial charge < -0.3 is 4.74 Å². The zero-order chi connectivity index (χ0) is 20.4. The number of alkyl halides is 9. The molecule has 26 heavy (non-hydrogen) atoms. The van der Waals surface area contributed by atoms with Crippen molar-refractivity contribution < 1.29 is 53.0 Å². The van der Waals surface area contributed by atoms with Crippen molar-refractivity contribution >= 4 is 0 Å². The van der Waals surface area contributed by atoms with Gasteiger partial charge in [-0.15, -0.1) is 0 Å². The van der Waals surface area contributed by atoms with Crippen molar-refractivity contribution in [2.24, 2.45) is 0 Å². The molecule has 150 valence electrons. The van der Waals surface area contributed by atoms with Gasteiger partial charge in [-0.2, -0.15) is 43.9 Å². The lowest BCUT2D eigenvalue weighted by molar-refractivity contribution is -0.396. The zero-order valence-electron chi connectivity index (χ0n) is 12.6. The Bertz CT molecular complexity index is 609. The summed E-state index contributed by atoms with van der Waals surface area (Å²) in [5, 5.41) is 0. The lowest BCUT2D eigenvalue weighted by Gasteiger charge is -2.33. The lowest BCUT2D eigenvalue weighted by Crippen LogP contribution is -2.60. The molecule has 0 saturated carbocycles. The van der Waals surface area contributed by atoms with Crippen LogP contribution < -0.4 is 4.74 Å². The molecule has 0 heterocycles. The molecule has 1 aromatic carbocycles. The summed E-state index contributed by atoms with van der Waals surface area (Å²) < 4.78 is 144. The van der Waals surface area contributed by atoms with Gasteiger partial charge in [-0.25, -0.2) is 4.39 Å². The first-order chi connectivity index (χ1) is 11.6. The Morgan fingerprint density at radius 2 is 1.35 bits per heavy atom. The number of halogens is 11. The van der Waals surface area contributed by atoms with Gasteiger partial charge in [-0.3, -0.25) is 0 Å². The highest BCUT2D eigenvalue weighted by Gasteiger charge is 2.81. The Labute approximate surface area is 139 Å². The lowest BCUT2D eigenvalue weighted by atomic mass is 9.99. The molecule has 0 unspecified atom stereocenters. The second-order valence-electron chi connectivity index (χ2n) is 5.21. The van der Waals surface area contributed by atoms with Crippen LogP contribution in [0.15, 0.2) is 18.2 Å². The topological polar surface area (TPSA) is 9.23 Å². The molecule has 1 aromatic rings. The summed E-state index contributed by atoms with van der Waals surface area (Å²) in [6.45, 7) is -0.586. The summed E-state index contributed by atoms with van der Waals surface area (Å²) in [5.74, 6) is -22.5. The van der Waals surface area contributed by atoms with E-state index in [1.54, 1.807) is 0 Å². The number of unbranched alkanes of at least 4 members (excludes halogenated alkanes) is 1. The fourth-order valence-corrected chi connectivity index (χ4v) is 1.79. The fourth-order valence-electron chi connectivity index (χ4n) is 1.79. The molecule has 0 aliphatic rings. The van der Waals surface area contributed by atoms with Crippen LogP contribution in [0.3, 0.4) is 0 Å². The number of hydrogen-bond acceptors (Lipinski definition) is 1. The molecule has 0 aliphatic heterocycles. The van der Waals surface area contributed by atoms with Crippen LogP contribution in [-0.4, -0.2) is 30.6 Å². The minimum atomic E-state index is -6.93. The van der Waals surface area contributed by atoms with E-state index in [1.165, 1.54) is 0 Å². The molecule has 0 atom stereocenters. The van der Waals surface area contributed by atoms with E-state index in [4.69, 9.17) is 0 Å². The highest BCUT2D eigenvalue weighted by molar-refractivity contribution is 5.24. The van der Waals surface area contributed by atoms with Crippen LogP contribution in [0, 0.1) is 11.6 Å². The Kier molecular flexibility index (Phi) is 6.41. The molecule has 1 nitrogen and oxygen atoms in total. The van der Waals surface area contributed by atoms with Crippen molar-refractivity contribution in [3.05, 3.63) is 29.8 Å². The van der Waals surface area contributed by atoms with E-state index in [0.29, 0.717) is 0 Å². The number of hydrogen-bond donors (Lipinski definition) is 0. The predicted octanol–water partition coefficient (Wildman–Crippen LogP) is 5.98. The first kappa shape index (κ1) is 22.3. The third kappa shape index (κ3) is 4.32. The van der Waals surface area contributed by atoms with Gasteiger partial charge in [0.1, 0.15) is 0 Å². The number of rotatable bonds is 8. The summed E-state index contributed by atoms with van der Waals surface area (Å²) >= 11 is 0. The molecular formula is C14H11F11O. The van der Waals surface area contributed by atoms with E-state index >= 15 is 0 Å². The van der Waals surface area contributed by atoms with E-state index in [9.17, 15) is 48.3 Å². The van der Waals surface area contributed by atoms with Crippen molar-refractivity contribution in [1.82, 2.24) is 0 Å². The first-order valence-corrected chi connectivity index (χ1v) is 6.92. The summed E-state index contributed by atoms with van der Waals surface area (Å²) in [7, 11) is 0. The van der Waals surface area contributed by atoms with Gasteiger partial charge in [0.15, 0.2) is 11.6 Å². The molecule has 0 bridgehead atoms. The van der Waals surface area contributed by atoms with Crippen molar-refractivity contribution in [3.8, 4) is 5.75 Å². The third-order valence-electron chi connectivity index (χ3n) is 3.27. The summed E-state index contributed by atoms with van der Waals surface area (Å²) in [6, 6.07) is 2.79. The first-order valence-electron chi connectivity index (χ1n) is 6.92. The van der Waals surface area contributed by atoms with E-state index in [1.807, 2.05) is 0 Å². The molecule has 0 aromatic heterocycles. The molecule has 12 heteroatoms. The summed E-state index contributed by atoms with van der Waals surface area (Å²) in [5.41, 5.74) is 0. The van der Waals surface area contributed by atoms with Crippen LogP contribution in [0.25, 0.3) is 0 Å². The molecule has 0 amide bonds. The average molecular weight is 404 g/mol. The highest BCUT2D eigenvalue weighted by atomic mass is 19.4. The van der Waals surface area contributed by atoms with Crippen molar-refractivity contribution in [3.63, 3.8) is 0 Å². The zero-order valence-corrected chi connectivity index (χ0v) is 12.6. The normalized spacial score (nSPS) is 13.8.